The molecular formula is C15H27N3S. The summed E-state index contributed by atoms with van der Waals surface area (Å²) in [4.78, 5) is 7.10. The van der Waals surface area contributed by atoms with Crippen LogP contribution in [0.3, 0.4) is 0 Å². The van der Waals surface area contributed by atoms with Crippen LogP contribution in [0.5, 0.6) is 0 Å². The molecule has 0 radical (unpaired) electrons. The van der Waals surface area contributed by atoms with Crippen molar-refractivity contribution in [1.29, 1.82) is 0 Å². The monoisotopic (exact) mass is 281 g/mol. The first-order valence-electron chi connectivity index (χ1n) is 7.58. The maximum absolute atomic E-state index is 4.64. The Morgan fingerprint density at radius 2 is 2.21 bits per heavy atom. The lowest BCUT2D eigenvalue weighted by Gasteiger charge is -2.45. The second kappa shape index (κ2) is 7.22. The highest BCUT2D eigenvalue weighted by molar-refractivity contribution is 8.00. The zero-order valence-electron chi connectivity index (χ0n) is 12.2. The fourth-order valence-electron chi connectivity index (χ4n) is 3.10. The molecule has 0 bridgehead atoms. The molecule has 3 nitrogen and oxygen atoms in total. The second-order valence-corrected chi connectivity index (χ2v) is 7.06. The summed E-state index contributed by atoms with van der Waals surface area (Å²) in [5.41, 5.74) is 0. The van der Waals surface area contributed by atoms with Crippen molar-refractivity contribution in [3.05, 3.63) is 12.7 Å². The van der Waals surface area contributed by atoms with E-state index in [4.69, 9.17) is 0 Å². The van der Waals surface area contributed by atoms with Gasteiger partial charge in [0.25, 0.3) is 0 Å². The van der Waals surface area contributed by atoms with E-state index in [1.54, 1.807) is 0 Å². The number of hydrogen-bond donors (Lipinski definition) is 1. The fraction of sp³-hybridized carbons (Fsp3) is 0.800. The third-order valence-electron chi connectivity index (χ3n) is 4.02. The van der Waals surface area contributed by atoms with E-state index in [-0.39, 0.29) is 0 Å². The van der Waals surface area contributed by atoms with Gasteiger partial charge in [-0.3, -0.25) is 0 Å². The quantitative estimate of drug-likeness (QED) is 0.490. The molecule has 19 heavy (non-hydrogen) atoms. The van der Waals surface area contributed by atoms with Gasteiger partial charge >= 0.3 is 0 Å². The largest absolute Gasteiger partial charge is 0.357 e. The lowest BCUT2D eigenvalue weighted by Crippen LogP contribution is -2.53. The summed E-state index contributed by atoms with van der Waals surface area (Å²) in [6, 6.07) is 0. The van der Waals surface area contributed by atoms with Gasteiger partial charge in [-0.2, -0.15) is 11.8 Å². The van der Waals surface area contributed by atoms with Crippen LogP contribution in [0.25, 0.3) is 0 Å². The average molecular weight is 281 g/mol. The zero-order chi connectivity index (χ0) is 13.6. The highest BCUT2D eigenvalue weighted by Gasteiger charge is 2.38. The summed E-state index contributed by atoms with van der Waals surface area (Å²) < 4.78 is 0.501. The standard InChI is InChI=1S/C15H27N3S/c1-3-10-17-14(16-4-2)18-11-12-19-15(13-18)8-6-5-7-9-15/h3H,1,4-13H2,2H3,(H,16,17). The Bertz CT molecular complexity index is 316. The van der Waals surface area contributed by atoms with Gasteiger partial charge in [0, 0.05) is 30.1 Å². The van der Waals surface area contributed by atoms with Gasteiger partial charge in [0.15, 0.2) is 5.96 Å². The number of rotatable bonds is 3. The average Bonchev–Trinajstić information content (AvgIpc) is 2.44. The first-order valence-corrected chi connectivity index (χ1v) is 8.56. The molecule has 2 fully saturated rings. The molecule has 108 valence electrons. The highest BCUT2D eigenvalue weighted by Crippen LogP contribution is 2.42. The summed E-state index contributed by atoms with van der Waals surface area (Å²) in [5, 5.41) is 3.43. The van der Waals surface area contributed by atoms with Gasteiger partial charge in [-0.1, -0.05) is 25.3 Å². The molecule has 1 aliphatic carbocycles. The van der Waals surface area contributed by atoms with E-state index >= 15 is 0 Å². The Morgan fingerprint density at radius 1 is 1.42 bits per heavy atom. The third-order valence-corrected chi connectivity index (χ3v) is 5.55. The van der Waals surface area contributed by atoms with E-state index in [0.29, 0.717) is 11.3 Å². The Kier molecular flexibility index (Phi) is 5.61. The number of nitrogens with zero attached hydrogens (tertiary/aromatic N) is 2. The van der Waals surface area contributed by atoms with Crippen LogP contribution < -0.4 is 5.32 Å². The summed E-state index contributed by atoms with van der Waals surface area (Å²) >= 11 is 2.20. The molecule has 0 aromatic heterocycles. The van der Waals surface area contributed by atoms with Crippen LogP contribution in [0.4, 0.5) is 0 Å². The maximum atomic E-state index is 4.64. The maximum Gasteiger partial charge on any atom is 0.194 e. The van der Waals surface area contributed by atoms with Gasteiger partial charge in [-0.15, -0.1) is 6.58 Å². The molecule has 2 aliphatic rings. The number of nitrogens with one attached hydrogen (secondary N) is 1. The minimum Gasteiger partial charge on any atom is -0.357 e. The van der Waals surface area contributed by atoms with Crippen molar-refractivity contribution < 1.29 is 0 Å². The predicted molar refractivity (Wildman–Crippen MR) is 86.0 cm³/mol. The van der Waals surface area contributed by atoms with Crippen LogP contribution in [0.2, 0.25) is 0 Å². The normalized spacial score (nSPS) is 23.4. The first-order chi connectivity index (χ1) is 9.29. The van der Waals surface area contributed by atoms with Crippen molar-refractivity contribution in [3.8, 4) is 0 Å². The number of thioether (sulfide) groups is 1. The molecular weight excluding hydrogens is 254 g/mol. The van der Waals surface area contributed by atoms with Crippen LogP contribution in [0.15, 0.2) is 17.6 Å². The Labute approximate surface area is 121 Å². The van der Waals surface area contributed by atoms with E-state index in [9.17, 15) is 0 Å². The minimum atomic E-state index is 0.501. The molecule has 1 saturated heterocycles. The van der Waals surface area contributed by atoms with Crippen molar-refractivity contribution in [2.45, 2.75) is 43.8 Å². The summed E-state index contributed by atoms with van der Waals surface area (Å²) in [6.07, 6.45) is 8.87. The van der Waals surface area contributed by atoms with E-state index < -0.39 is 0 Å². The molecule has 1 spiro atoms. The SMILES string of the molecule is C=CCN=C(NCC)N1CCSC2(CCCCC2)C1. The molecule has 1 heterocycles. The lowest BCUT2D eigenvalue weighted by atomic mass is 9.87. The smallest absolute Gasteiger partial charge is 0.194 e. The molecule has 0 aromatic carbocycles. The summed E-state index contributed by atoms with van der Waals surface area (Å²) in [6.45, 7) is 9.83. The number of guanidine groups is 1. The van der Waals surface area contributed by atoms with Crippen molar-refractivity contribution in [2.24, 2.45) is 4.99 Å². The predicted octanol–water partition coefficient (Wildman–Crippen LogP) is 2.89. The molecule has 4 heteroatoms. The molecule has 0 unspecified atom stereocenters. The van der Waals surface area contributed by atoms with Crippen LogP contribution in [0, 0.1) is 0 Å². The van der Waals surface area contributed by atoms with Gasteiger partial charge in [0.2, 0.25) is 0 Å². The van der Waals surface area contributed by atoms with Gasteiger partial charge in [-0.25, -0.2) is 4.99 Å². The Morgan fingerprint density at radius 3 is 2.89 bits per heavy atom. The van der Waals surface area contributed by atoms with Crippen molar-refractivity contribution >= 4 is 17.7 Å². The number of aliphatic imine (C=N–C) groups is 1. The van der Waals surface area contributed by atoms with Crippen LogP contribution >= 0.6 is 11.8 Å². The summed E-state index contributed by atoms with van der Waals surface area (Å²) in [5.74, 6) is 2.31. The molecule has 0 amide bonds. The van der Waals surface area contributed by atoms with Gasteiger partial charge in [-0.05, 0) is 19.8 Å². The van der Waals surface area contributed by atoms with Crippen molar-refractivity contribution in [2.75, 3.05) is 31.9 Å². The third kappa shape index (κ3) is 3.91. The van der Waals surface area contributed by atoms with Gasteiger partial charge in [0.05, 0.1) is 6.54 Å². The van der Waals surface area contributed by atoms with Gasteiger partial charge in [0.1, 0.15) is 0 Å². The summed E-state index contributed by atoms with van der Waals surface area (Å²) in [7, 11) is 0. The van der Waals surface area contributed by atoms with Crippen LogP contribution in [-0.2, 0) is 0 Å². The fourth-order valence-corrected chi connectivity index (χ4v) is 4.67. The molecule has 1 N–H and O–H groups in total. The minimum absolute atomic E-state index is 0.501. The van der Waals surface area contributed by atoms with Crippen molar-refractivity contribution in [1.82, 2.24) is 10.2 Å². The Balaban J connectivity index is 2.03. The molecule has 2 rings (SSSR count). The molecule has 0 aromatic rings. The Hall–Kier alpha value is -0.640. The van der Waals surface area contributed by atoms with E-state index in [2.05, 4.69) is 40.5 Å². The van der Waals surface area contributed by atoms with E-state index in [1.807, 2.05) is 6.08 Å². The number of hydrogen-bond acceptors (Lipinski definition) is 2. The second-order valence-electron chi connectivity index (χ2n) is 5.50. The van der Waals surface area contributed by atoms with E-state index in [1.165, 1.54) is 44.4 Å². The lowest BCUT2D eigenvalue weighted by molar-refractivity contribution is 0.293. The van der Waals surface area contributed by atoms with Crippen LogP contribution in [0.1, 0.15) is 39.0 Å². The van der Waals surface area contributed by atoms with Gasteiger partial charge < -0.3 is 10.2 Å². The van der Waals surface area contributed by atoms with Crippen molar-refractivity contribution in [3.63, 3.8) is 0 Å². The van der Waals surface area contributed by atoms with E-state index in [0.717, 1.165) is 19.0 Å². The molecule has 0 atom stereocenters. The zero-order valence-corrected chi connectivity index (χ0v) is 13.0. The molecule has 1 aliphatic heterocycles. The topological polar surface area (TPSA) is 27.6 Å². The van der Waals surface area contributed by atoms with Crippen LogP contribution in [-0.4, -0.2) is 47.5 Å². The highest BCUT2D eigenvalue weighted by atomic mass is 32.2. The first kappa shape index (κ1) is 14.8. The molecule has 1 saturated carbocycles.